The molecule has 0 unspecified atom stereocenters. The lowest BCUT2D eigenvalue weighted by molar-refractivity contribution is 0.212. The predicted octanol–water partition coefficient (Wildman–Crippen LogP) is -0.487. The number of hydrogen-bond donors (Lipinski definition) is 1. The third-order valence-corrected chi connectivity index (χ3v) is 4.87. The van der Waals surface area contributed by atoms with Gasteiger partial charge in [0.2, 0.25) is 0 Å². The first kappa shape index (κ1) is 12.5. The molecule has 96 valence electrons. The summed E-state index contributed by atoms with van der Waals surface area (Å²) in [7, 11) is -2.28. The Kier molecular flexibility index (Phi) is 3.19. The van der Waals surface area contributed by atoms with Gasteiger partial charge in [-0.2, -0.15) is 9.40 Å². The van der Waals surface area contributed by atoms with E-state index in [9.17, 15) is 12.8 Å². The van der Waals surface area contributed by atoms with Crippen LogP contribution in [0.15, 0.2) is 17.3 Å². The van der Waals surface area contributed by atoms with Gasteiger partial charge in [-0.1, -0.05) is 0 Å². The summed E-state index contributed by atoms with van der Waals surface area (Å²) in [5, 5.41) is 12.9. The van der Waals surface area contributed by atoms with E-state index in [4.69, 9.17) is 5.11 Å². The lowest BCUT2D eigenvalue weighted by Gasteiger charge is -2.21. The molecule has 0 radical (unpaired) electrons. The van der Waals surface area contributed by atoms with E-state index in [1.54, 1.807) is 0 Å². The Morgan fingerprint density at radius 3 is 2.88 bits per heavy atom. The lowest BCUT2D eigenvalue weighted by Crippen LogP contribution is -2.38. The second-order valence-corrected chi connectivity index (χ2v) is 5.87. The van der Waals surface area contributed by atoms with Crippen molar-refractivity contribution in [2.45, 2.75) is 23.7 Å². The molecule has 0 bridgehead atoms. The molecule has 2 rings (SSSR count). The number of aryl methyl sites for hydroxylation is 1. The van der Waals surface area contributed by atoms with Crippen molar-refractivity contribution in [3.8, 4) is 0 Å². The molecule has 0 aromatic carbocycles. The third kappa shape index (κ3) is 2.07. The van der Waals surface area contributed by atoms with Crippen LogP contribution in [-0.4, -0.2) is 53.0 Å². The van der Waals surface area contributed by atoms with E-state index >= 15 is 0 Å². The van der Waals surface area contributed by atoms with Crippen molar-refractivity contribution in [1.29, 1.82) is 0 Å². The molecule has 1 aromatic heterocycles. The second kappa shape index (κ2) is 4.35. The van der Waals surface area contributed by atoms with Gasteiger partial charge in [0.25, 0.3) is 10.0 Å². The highest BCUT2D eigenvalue weighted by Gasteiger charge is 2.41. The van der Waals surface area contributed by atoms with Gasteiger partial charge in [-0.15, -0.1) is 0 Å². The molecule has 8 heteroatoms. The van der Waals surface area contributed by atoms with E-state index in [0.717, 1.165) is 4.31 Å². The summed E-state index contributed by atoms with van der Waals surface area (Å²) in [6.45, 7) is -0.587. The van der Waals surface area contributed by atoms with E-state index < -0.39 is 22.2 Å². The minimum absolute atomic E-state index is 0.00468. The number of aromatic nitrogens is 2. The van der Waals surface area contributed by atoms with Crippen LogP contribution >= 0.6 is 0 Å². The highest BCUT2D eigenvalue weighted by Crippen LogP contribution is 2.27. The molecule has 0 aliphatic carbocycles. The van der Waals surface area contributed by atoms with Crippen LogP contribution in [0.4, 0.5) is 4.39 Å². The SMILES string of the molecule is Cn1nccc1S(=O)(=O)N1C[C@@H](F)C[C@H]1CO. The van der Waals surface area contributed by atoms with Gasteiger partial charge in [-0.3, -0.25) is 4.68 Å². The molecule has 2 atom stereocenters. The summed E-state index contributed by atoms with van der Waals surface area (Å²) in [5.41, 5.74) is 0. The van der Waals surface area contributed by atoms with Crippen molar-refractivity contribution in [2.75, 3.05) is 13.2 Å². The van der Waals surface area contributed by atoms with Crippen LogP contribution in [0.2, 0.25) is 0 Å². The third-order valence-electron chi connectivity index (χ3n) is 2.87. The normalized spacial score (nSPS) is 26.5. The number of aliphatic hydroxyl groups is 1. The van der Waals surface area contributed by atoms with Crippen molar-refractivity contribution in [3.63, 3.8) is 0 Å². The fraction of sp³-hybridized carbons (Fsp3) is 0.667. The molecular weight excluding hydrogens is 249 g/mol. The Morgan fingerprint density at radius 1 is 1.65 bits per heavy atom. The number of hydrogen-bond acceptors (Lipinski definition) is 4. The number of rotatable bonds is 3. The first-order chi connectivity index (χ1) is 7.96. The van der Waals surface area contributed by atoms with Gasteiger partial charge in [0.15, 0.2) is 5.03 Å². The van der Waals surface area contributed by atoms with Crippen molar-refractivity contribution in [1.82, 2.24) is 14.1 Å². The zero-order valence-corrected chi connectivity index (χ0v) is 10.1. The standard InChI is InChI=1S/C9H14FN3O3S/c1-12-9(2-3-11-12)17(15,16)13-5-7(10)4-8(13)6-14/h2-3,7-8,14H,4-6H2,1H3/t7-,8-/m0/s1. The highest BCUT2D eigenvalue weighted by atomic mass is 32.2. The Labute approximate surface area is 98.7 Å². The molecule has 0 saturated carbocycles. The smallest absolute Gasteiger partial charge is 0.260 e. The van der Waals surface area contributed by atoms with Crippen LogP contribution in [0.5, 0.6) is 0 Å². The quantitative estimate of drug-likeness (QED) is 0.798. The Morgan fingerprint density at radius 2 is 2.35 bits per heavy atom. The molecule has 1 saturated heterocycles. The average molecular weight is 263 g/mol. The summed E-state index contributed by atoms with van der Waals surface area (Å²) >= 11 is 0. The van der Waals surface area contributed by atoms with Gasteiger partial charge in [0.1, 0.15) is 6.17 Å². The lowest BCUT2D eigenvalue weighted by atomic mass is 10.2. The Hall–Kier alpha value is -0.990. The monoisotopic (exact) mass is 263 g/mol. The Balaban J connectivity index is 2.36. The van der Waals surface area contributed by atoms with Crippen LogP contribution in [-0.2, 0) is 17.1 Å². The summed E-state index contributed by atoms with van der Waals surface area (Å²) in [5.74, 6) is 0. The van der Waals surface area contributed by atoms with E-state index in [1.807, 2.05) is 0 Å². The molecule has 1 N–H and O–H groups in total. The zero-order chi connectivity index (χ0) is 12.6. The van der Waals surface area contributed by atoms with Gasteiger partial charge in [0.05, 0.1) is 18.8 Å². The van der Waals surface area contributed by atoms with E-state index in [-0.39, 0.29) is 24.6 Å². The van der Waals surface area contributed by atoms with Crippen LogP contribution in [0.3, 0.4) is 0 Å². The largest absolute Gasteiger partial charge is 0.395 e. The minimum Gasteiger partial charge on any atom is -0.395 e. The average Bonchev–Trinajstić information content (AvgIpc) is 2.84. The van der Waals surface area contributed by atoms with Gasteiger partial charge in [0, 0.05) is 13.6 Å². The zero-order valence-electron chi connectivity index (χ0n) is 9.32. The first-order valence-corrected chi connectivity index (χ1v) is 6.65. The van der Waals surface area contributed by atoms with Crippen molar-refractivity contribution < 1.29 is 17.9 Å². The van der Waals surface area contributed by atoms with E-state index in [1.165, 1.54) is 24.0 Å². The predicted molar refractivity (Wildman–Crippen MR) is 57.5 cm³/mol. The van der Waals surface area contributed by atoms with Crippen molar-refractivity contribution in [2.24, 2.45) is 7.05 Å². The van der Waals surface area contributed by atoms with E-state index in [0.29, 0.717) is 0 Å². The first-order valence-electron chi connectivity index (χ1n) is 5.21. The topological polar surface area (TPSA) is 75.4 Å². The van der Waals surface area contributed by atoms with Gasteiger partial charge < -0.3 is 5.11 Å². The summed E-state index contributed by atoms with van der Waals surface area (Å²) in [6.07, 6.45) is 0.174. The fourth-order valence-corrected chi connectivity index (χ4v) is 3.78. The van der Waals surface area contributed by atoms with Gasteiger partial charge in [-0.05, 0) is 12.5 Å². The molecule has 1 aliphatic rings. The highest BCUT2D eigenvalue weighted by molar-refractivity contribution is 7.89. The number of nitrogens with zero attached hydrogens (tertiary/aromatic N) is 3. The number of aliphatic hydroxyl groups excluding tert-OH is 1. The number of alkyl halides is 1. The van der Waals surface area contributed by atoms with Crippen LogP contribution < -0.4 is 0 Å². The minimum atomic E-state index is -3.79. The maximum atomic E-state index is 13.2. The van der Waals surface area contributed by atoms with Crippen LogP contribution in [0.25, 0.3) is 0 Å². The van der Waals surface area contributed by atoms with Crippen molar-refractivity contribution in [3.05, 3.63) is 12.3 Å². The second-order valence-electron chi connectivity index (χ2n) is 4.04. The van der Waals surface area contributed by atoms with Crippen LogP contribution in [0.1, 0.15) is 6.42 Å². The molecule has 0 spiro atoms. The molecule has 1 aromatic rings. The molecule has 1 fully saturated rings. The summed E-state index contributed by atoms with van der Waals surface area (Å²) in [4.78, 5) is 0. The maximum Gasteiger partial charge on any atom is 0.260 e. The molecule has 6 nitrogen and oxygen atoms in total. The van der Waals surface area contributed by atoms with E-state index in [2.05, 4.69) is 5.10 Å². The van der Waals surface area contributed by atoms with Gasteiger partial charge in [-0.25, -0.2) is 12.8 Å². The number of halogens is 1. The fourth-order valence-electron chi connectivity index (χ4n) is 2.03. The summed E-state index contributed by atoms with van der Waals surface area (Å²) in [6, 6.07) is 0.667. The Bertz CT molecular complexity index is 501. The molecule has 2 heterocycles. The maximum absolute atomic E-state index is 13.2. The molecule has 0 amide bonds. The van der Waals surface area contributed by atoms with Crippen molar-refractivity contribution >= 4 is 10.0 Å². The molecule has 17 heavy (non-hydrogen) atoms. The molecule has 1 aliphatic heterocycles. The molecular formula is C9H14FN3O3S. The van der Waals surface area contributed by atoms with Crippen LogP contribution in [0, 0.1) is 0 Å². The van der Waals surface area contributed by atoms with Gasteiger partial charge >= 0.3 is 0 Å². The number of sulfonamides is 1. The summed E-state index contributed by atoms with van der Waals surface area (Å²) < 4.78 is 39.9.